The Morgan fingerprint density at radius 3 is 2.53 bits per heavy atom. The molecule has 2 aromatic carbocycles. The SMILES string of the molecule is CC1=NN(c2ccc(OC3CCCC3)cc2)C(=O)C1C(=O)Nc1cccc(C(C)(F)F)c1.[HH]. The molecule has 1 aliphatic carbocycles. The van der Waals surface area contributed by atoms with Crippen LogP contribution in [-0.2, 0) is 15.5 Å². The number of halogens is 2. The van der Waals surface area contributed by atoms with Gasteiger partial charge in [-0.1, -0.05) is 12.1 Å². The van der Waals surface area contributed by atoms with Crippen LogP contribution in [0.1, 0.15) is 46.5 Å². The van der Waals surface area contributed by atoms with Gasteiger partial charge < -0.3 is 10.1 Å². The highest BCUT2D eigenvalue weighted by Gasteiger charge is 2.40. The molecule has 2 aliphatic rings. The van der Waals surface area contributed by atoms with Crippen molar-refractivity contribution >= 4 is 28.9 Å². The second-order valence-electron chi connectivity index (χ2n) is 8.30. The van der Waals surface area contributed by atoms with Gasteiger partial charge in [-0.05, 0) is 69.0 Å². The van der Waals surface area contributed by atoms with Crippen molar-refractivity contribution in [2.24, 2.45) is 11.0 Å². The van der Waals surface area contributed by atoms with Crippen LogP contribution < -0.4 is 15.1 Å². The van der Waals surface area contributed by atoms with Gasteiger partial charge in [-0.2, -0.15) is 10.1 Å². The van der Waals surface area contributed by atoms with Gasteiger partial charge in [0.05, 0.1) is 17.5 Å². The molecule has 0 radical (unpaired) electrons. The summed E-state index contributed by atoms with van der Waals surface area (Å²) in [5.41, 5.74) is 0.827. The van der Waals surface area contributed by atoms with Gasteiger partial charge in [0, 0.05) is 19.6 Å². The van der Waals surface area contributed by atoms with E-state index in [9.17, 15) is 18.4 Å². The van der Waals surface area contributed by atoms with Crippen LogP contribution in [0.5, 0.6) is 5.75 Å². The van der Waals surface area contributed by atoms with Gasteiger partial charge in [-0.3, -0.25) is 9.59 Å². The Morgan fingerprint density at radius 1 is 1.19 bits per heavy atom. The number of hydrogen-bond donors (Lipinski definition) is 1. The highest BCUT2D eigenvalue weighted by atomic mass is 19.3. The van der Waals surface area contributed by atoms with Crippen molar-refractivity contribution in [2.75, 3.05) is 10.3 Å². The minimum absolute atomic E-state index is 0. The number of amides is 2. The lowest BCUT2D eigenvalue weighted by molar-refractivity contribution is -0.127. The fourth-order valence-corrected chi connectivity index (χ4v) is 4.00. The summed E-state index contributed by atoms with van der Waals surface area (Å²) in [4.78, 5) is 25.7. The van der Waals surface area contributed by atoms with Crippen LogP contribution in [-0.4, -0.2) is 23.6 Å². The number of carbonyl (C=O) groups is 2. The molecule has 0 saturated heterocycles. The molecule has 1 N–H and O–H groups in total. The van der Waals surface area contributed by atoms with Crippen LogP contribution in [0.25, 0.3) is 0 Å². The van der Waals surface area contributed by atoms with E-state index in [0.717, 1.165) is 25.5 Å². The summed E-state index contributed by atoms with van der Waals surface area (Å²) in [6.07, 6.45) is 4.67. The molecule has 1 saturated carbocycles. The average molecular weight is 443 g/mol. The molecule has 1 fully saturated rings. The third kappa shape index (κ3) is 4.64. The summed E-state index contributed by atoms with van der Waals surface area (Å²) < 4.78 is 33.1. The molecular weight excluding hydrogens is 416 g/mol. The Labute approximate surface area is 186 Å². The second-order valence-corrected chi connectivity index (χ2v) is 8.30. The maximum Gasteiger partial charge on any atom is 0.270 e. The van der Waals surface area contributed by atoms with E-state index in [1.165, 1.54) is 42.1 Å². The second kappa shape index (κ2) is 8.68. The zero-order valence-corrected chi connectivity index (χ0v) is 18.0. The molecule has 32 heavy (non-hydrogen) atoms. The van der Waals surface area contributed by atoms with Crippen molar-refractivity contribution in [3.8, 4) is 5.75 Å². The number of anilines is 2. The Kier molecular flexibility index (Phi) is 5.95. The lowest BCUT2D eigenvalue weighted by Crippen LogP contribution is -2.36. The van der Waals surface area contributed by atoms with Gasteiger partial charge >= 0.3 is 0 Å². The molecule has 8 heteroatoms. The number of nitrogens with one attached hydrogen (secondary N) is 1. The normalized spacial score (nSPS) is 19.2. The summed E-state index contributed by atoms with van der Waals surface area (Å²) in [6, 6.07) is 12.4. The molecule has 170 valence electrons. The van der Waals surface area contributed by atoms with E-state index in [1.54, 1.807) is 31.2 Å². The third-order valence-electron chi connectivity index (χ3n) is 5.72. The first-order chi connectivity index (χ1) is 15.2. The maximum atomic E-state index is 13.6. The molecule has 2 aromatic rings. The standard InChI is InChI=1S/C24H25F2N3O3.H2/c1-15-21(22(30)27-17-7-5-6-16(14-17)24(2,25)26)23(31)29(28-15)18-10-12-20(13-11-18)32-19-8-3-4-9-19;/h5-7,10-14,19,21H,3-4,8-9H2,1-2H3,(H,27,30);1H. The quantitative estimate of drug-likeness (QED) is 0.613. The number of hydrazone groups is 1. The van der Waals surface area contributed by atoms with Gasteiger partial charge in [-0.15, -0.1) is 0 Å². The van der Waals surface area contributed by atoms with E-state index in [4.69, 9.17) is 4.74 Å². The topological polar surface area (TPSA) is 71.0 Å². The van der Waals surface area contributed by atoms with Crippen molar-refractivity contribution in [3.63, 3.8) is 0 Å². The minimum atomic E-state index is -3.04. The van der Waals surface area contributed by atoms with Crippen molar-refractivity contribution in [1.82, 2.24) is 0 Å². The van der Waals surface area contributed by atoms with Gasteiger partial charge in [0.1, 0.15) is 5.75 Å². The van der Waals surface area contributed by atoms with Crippen LogP contribution >= 0.6 is 0 Å². The number of ether oxygens (including phenoxy) is 1. The third-order valence-corrected chi connectivity index (χ3v) is 5.72. The van der Waals surface area contributed by atoms with Crippen LogP contribution in [0.4, 0.5) is 20.2 Å². The summed E-state index contributed by atoms with van der Waals surface area (Å²) in [5, 5.41) is 8.00. The number of hydrogen-bond acceptors (Lipinski definition) is 4. The predicted octanol–water partition coefficient (Wildman–Crippen LogP) is 5.34. The highest BCUT2D eigenvalue weighted by molar-refractivity contribution is 6.28. The van der Waals surface area contributed by atoms with Gasteiger partial charge in [0.15, 0.2) is 5.92 Å². The van der Waals surface area contributed by atoms with Crippen LogP contribution in [0.15, 0.2) is 53.6 Å². The number of alkyl halides is 2. The van der Waals surface area contributed by atoms with Gasteiger partial charge in [0.2, 0.25) is 5.91 Å². The fraction of sp³-hybridized carbons (Fsp3) is 0.375. The Hall–Kier alpha value is -3.29. The lowest BCUT2D eigenvalue weighted by atomic mass is 10.0. The Morgan fingerprint density at radius 2 is 1.88 bits per heavy atom. The summed E-state index contributed by atoms with van der Waals surface area (Å²) in [6.45, 7) is 2.38. The van der Waals surface area contributed by atoms with Crippen molar-refractivity contribution in [2.45, 2.75) is 51.6 Å². The van der Waals surface area contributed by atoms with E-state index in [1.807, 2.05) is 0 Å². The number of benzene rings is 2. The van der Waals surface area contributed by atoms with E-state index in [-0.39, 0.29) is 18.8 Å². The van der Waals surface area contributed by atoms with E-state index in [0.29, 0.717) is 11.4 Å². The van der Waals surface area contributed by atoms with Crippen molar-refractivity contribution in [3.05, 3.63) is 54.1 Å². The molecule has 0 bridgehead atoms. The van der Waals surface area contributed by atoms with Crippen LogP contribution in [0.2, 0.25) is 0 Å². The molecule has 0 aromatic heterocycles. The van der Waals surface area contributed by atoms with Crippen LogP contribution in [0, 0.1) is 5.92 Å². The van der Waals surface area contributed by atoms with Gasteiger partial charge in [0.25, 0.3) is 11.8 Å². The number of nitrogens with zero attached hydrogens (tertiary/aromatic N) is 2. The van der Waals surface area contributed by atoms with Gasteiger partial charge in [-0.25, -0.2) is 8.78 Å². The number of carbonyl (C=O) groups excluding carboxylic acids is 2. The molecule has 1 unspecified atom stereocenters. The van der Waals surface area contributed by atoms with E-state index < -0.39 is 23.7 Å². The molecule has 4 rings (SSSR count). The lowest BCUT2D eigenvalue weighted by Gasteiger charge is -2.17. The van der Waals surface area contributed by atoms with E-state index in [2.05, 4.69) is 10.4 Å². The van der Waals surface area contributed by atoms with Crippen molar-refractivity contribution in [1.29, 1.82) is 0 Å². The summed E-state index contributed by atoms with van der Waals surface area (Å²) >= 11 is 0. The zero-order chi connectivity index (χ0) is 22.9. The molecule has 1 heterocycles. The zero-order valence-electron chi connectivity index (χ0n) is 18.0. The van der Waals surface area contributed by atoms with E-state index >= 15 is 0 Å². The van der Waals surface area contributed by atoms with Crippen LogP contribution in [0.3, 0.4) is 0 Å². The smallest absolute Gasteiger partial charge is 0.270 e. The average Bonchev–Trinajstić information content (AvgIpc) is 3.35. The molecule has 6 nitrogen and oxygen atoms in total. The molecule has 2 amide bonds. The maximum absolute atomic E-state index is 13.6. The summed E-state index contributed by atoms with van der Waals surface area (Å²) in [7, 11) is 0. The Balaban J connectivity index is 0.00000306. The number of rotatable bonds is 6. The molecule has 1 aliphatic heterocycles. The predicted molar refractivity (Wildman–Crippen MR) is 120 cm³/mol. The first-order valence-electron chi connectivity index (χ1n) is 10.7. The highest BCUT2D eigenvalue weighted by Crippen LogP contribution is 2.31. The first-order valence-corrected chi connectivity index (χ1v) is 10.7. The molecule has 0 spiro atoms. The first kappa shape index (κ1) is 21.9. The summed E-state index contributed by atoms with van der Waals surface area (Å²) in [5.74, 6) is -4.55. The fourth-order valence-electron chi connectivity index (χ4n) is 4.00. The minimum Gasteiger partial charge on any atom is -0.490 e. The largest absolute Gasteiger partial charge is 0.490 e. The molecule has 1 atom stereocenters. The monoisotopic (exact) mass is 443 g/mol. The Bertz CT molecular complexity index is 1050. The van der Waals surface area contributed by atoms with Crippen molar-refractivity contribution < 1.29 is 24.5 Å². The molecular formula is C24H27F2N3O3.